The van der Waals surface area contributed by atoms with E-state index in [1.165, 1.54) is 24.3 Å². The Morgan fingerprint density at radius 2 is 1.54 bits per heavy atom. The van der Waals surface area contributed by atoms with E-state index in [0.717, 1.165) is 5.56 Å². The van der Waals surface area contributed by atoms with Gasteiger partial charge in [-0.05, 0) is 43.7 Å². The molecule has 0 aliphatic rings. The third-order valence-corrected chi connectivity index (χ3v) is 5.98. The molecule has 0 unspecified atom stereocenters. The van der Waals surface area contributed by atoms with Gasteiger partial charge in [-0.2, -0.15) is 0 Å². The van der Waals surface area contributed by atoms with Crippen LogP contribution in [0.2, 0.25) is 0 Å². The van der Waals surface area contributed by atoms with E-state index in [-0.39, 0.29) is 17.3 Å². The second kappa shape index (κ2) is 8.62. The van der Waals surface area contributed by atoms with Crippen LogP contribution in [0.4, 0.5) is 0 Å². The second-order valence-electron chi connectivity index (χ2n) is 6.06. The molecule has 0 aliphatic carbocycles. The van der Waals surface area contributed by atoms with E-state index in [0.29, 0.717) is 12.1 Å². The van der Waals surface area contributed by atoms with Crippen LogP contribution < -0.4 is 10.6 Å². The summed E-state index contributed by atoms with van der Waals surface area (Å²) in [6, 6.07) is 15.1. The maximum absolute atomic E-state index is 12.1. The van der Waals surface area contributed by atoms with Crippen molar-refractivity contribution in [1.82, 2.24) is 10.6 Å². The molecule has 0 heterocycles. The van der Waals surface area contributed by atoms with Crippen molar-refractivity contribution in [2.24, 2.45) is 0 Å². The van der Waals surface area contributed by atoms with Crippen LogP contribution in [0.25, 0.3) is 0 Å². The van der Waals surface area contributed by atoms with E-state index in [1.54, 1.807) is 13.8 Å². The van der Waals surface area contributed by atoms with Gasteiger partial charge in [-0.15, -0.1) is 0 Å². The molecule has 2 aromatic carbocycles. The van der Waals surface area contributed by atoms with Crippen molar-refractivity contribution in [1.29, 1.82) is 0 Å². The fourth-order valence-corrected chi connectivity index (χ4v) is 3.25. The Morgan fingerprint density at radius 1 is 0.923 bits per heavy atom. The van der Waals surface area contributed by atoms with E-state index in [1.807, 2.05) is 30.3 Å². The highest BCUT2D eigenvalue weighted by molar-refractivity contribution is 7.92. The minimum Gasteiger partial charge on any atom is -0.350 e. The number of rotatable bonds is 7. The molecule has 0 bridgehead atoms. The molecule has 138 valence electrons. The second-order valence-corrected chi connectivity index (χ2v) is 8.57. The topological polar surface area (TPSA) is 92.3 Å². The minimum atomic E-state index is -3.37. The lowest BCUT2D eigenvalue weighted by Crippen LogP contribution is -2.36. The van der Waals surface area contributed by atoms with Gasteiger partial charge in [0.2, 0.25) is 5.91 Å². The summed E-state index contributed by atoms with van der Waals surface area (Å²) in [5.41, 5.74) is 1.26. The number of hydrogen-bond donors (Lipinski definition) is 2. The molecule has 0 fully saturated rings. The Bertz CT molecular complexity index is 860. The van der Waals surface area contributed by atoms with Gasteiger partial charge in [0.15, 0.2) is 9.84 Å². The van der Waals surface area contributed by atoms with E-state index in [9.17, 15) is 18.0 Å². The quantitative estimate of drug-likeness (QED) is 0.774. The summed E-state index contributed by atoms with van der Waals surface area (Å²) in [7, 11) is -3.37. The van der Waals surface area contributed by atoms with Crippen LogP contribution in [0.1, 0.15) is 29.8 Å². The Balaban J connectivity index is 1.87. The van der Waals surface area contributed by atoms with Gasteiger partial charge in [0.1, 0.15) is 0 Å². The van der Waals surface area contributed by atoms with Crippen LogP contribution in [-0.2, 0) is 21.2 Å². The van der Waals surface area contributed by atoms with Crippen molar-refractivity contribution in [2.45, 2.75) is 30.5 Å². The molecule has 0 aliphatic heterocycles. The number of amides is 2. The van der Waals surface area contributed by atoms with Crippen molar-refractivity contribution in [3.8, 4) is 0 Å². The van der Waals surface area contributed by atoms with Gasteiger partial charge in [-0.3, -0.25) is 9.59 Å². The average molecular weight is 374 g/mol. The molecule has 0 saturated carbocycles. The Kier molecular flexibility index (Phi) is 6.52. The molecule has 0 radical (unpaired) electrons. The number of hydrogen-bond acceptors (Lipinski definition) is 4. The van der Waals surface area contributed by atoms with Crippen LogP contribution >= 0.6 is 0 Å². The predicted octanol–water partition coefficient (Wildman–Crippen LogP) is 1.91. The Hall–Kier alpha value is -2.67. The first kappa shape index (κ1) is 19.7. The van der Waals surface area contributed by atoms with Gasteiger partial charge in [-0.1, -0.05) is 30.3 Å². The van der Waals surface area contributed by atoms with Crippen molar-refractivity contribution in [3.05, 3.63) is 65.7 Å². The summed E-state index contributed by atoms with van der Waals surface area (Å²) < 4.78 is 24.1. The largest absolute Gasteiger partial charge is 0.350 e. The first-order valence-electron chi connectivity index (χ1n) is 8.23. The molecule has 0 saturated heterocycles. The number of carbonyl (C=O) groups is 2. The lowest BCUT2D eigenvalue weighted by Gasteiger charge is -2.09. The lowest BCUT2D eigenvalue weighted by molar-refractivity contribution is -0.120. The fraction of sp³-hybridized carbons (Fsp3) is 0.263. The van der Waals surface area contributed by atoms with E-state index < -0.39 is 21.0 Å². The van der Waals surface area contributed by atoms with Gasteiger partial charge in [0.05, 0.1) is 16.7 Å². The molecule has 0 aromatic heterocycles. The predicted molar refractivity (Wildman–Crippen MR) is 99.4 cm³/mol. The molecule has 0 spiro atoms. The lowest BCUT2D eigenvalue weighted by atomic mass is 10.2. The van der Waals surface area contributed by atoms with Crippen LogP contribution in [0.15, 0.2) is 59.5 Å². The van der Waals surface area contributed by atoms with Gasteiger partial charge in [0, 0.05) is 12.1 Å². The number of nitrogens with one attached hydrogen (secondary N) is 2. The number of benzene rings is 2. The summed E-state index contributed by atoms with van der Waals surface area (Å²) in [6.07, 6.45) is 0. The number of sulfone groups is 1. The average Bonchev–Trinajstić information content (AvgIpc) is 2.65. The van der Waals surface area contributed by atoms with Crippen molar-refractivity contribution in [3.63, 3.8) is 0 Å². The SMILES string of the molecule is CC(C)S(=O)(=O)c1ccc(C(=O)NCC(=O)NCc2ccccc2)cc1. The highest BCUT2D eigenvalue weighted by Gasteiger charge is 2.19. The summed E-state index contributed by atoms with van der Waals surface area (Å²) in [6.45, 7) is 3.43. The zero-order valence-electron chi connectivity index (χ0n) is 14.7. The molecule has 2 N–H and O–H groups in total. The molecule has 7 heteroatoms. The summed E-state index contributed by atoms with van der Waals surface area (Å²) in [5, 5.41) is 4.70. The standard InChI is InChI=1S/C19H22N2O4S/c1-14(2)26(24,25)17-10-8-16(9-11-17)19(23)21-13-18(22)20-12-15-6-4-3-5-7-15/h3-11,14H,12-13H2,1-2H3,(H,20,22)(H,21,23). The van der Waals surface area contributed by atoms with Crippen molar-refractivity contribution in [2.75, 3.05) is 6.54 Å². The Morgan fingerprint density at radius 3 is 2.12 bits per heavy atom. The molecule has 2 rings (SSSR count). The van der Waals surface area contributed by atoms with Gasteiger partial charge < -0.3 is 10.6 Å². The van der Waals surface area contributed by atoms with Crippen LogP contribution in [0, 0.1) is 0 Å². The molecule has 6 nitrogen and oxygen atoms in total. The van der Waals surface area contributed by atoms with Crippen LogP contribution in [-0.4, -0.2) is 32.0 Å². The maximum atomic E-state index is 12.1. The van der Waals surface area contributed by atoms with Crippen LogP contribution in [0.3, 0.4) is 0 Å². The summed E-state index contributed by atoms with van der Waals surface area (Å²) in [5.74, 6) is -0.741. The molecule has 2 amide bonds. The molecule has 0 atom stereocenters. The van der Waals surface area contributed by atoms with E-state index in [4.69, 9.17) is 0 Å². The highest BCUT2D eigenvalue weighted by Crippen LogP contribution is 2.16. The van der Waals surface area contributed by atoms with Crippen molar-refractivity contribution >= 4 is 21.7 Å². The van der Waals surface area contributed by atoms with E-state index >= 15 is 0 Å². The Labute approximate surface area is 153 Å². The summed E-state index contributed by atoms with van der Waals surface area (Å²) in [4.78, 5) is 24.1. The smallest absolute Gasteiger partial charge is 0.251 e. The number of carbonyl (C=O) groups excluding carboxylic acids is 2. The van der Waals surface area contributed by atoms with Crippen LogP contribution in [0.5, 0.6) is 0 Å². The first-order chi connectivity index (χ1) is 12.3. The monoisotopic (exact) mass is 374 g/mol. The zero-order chi connectivity index (χ0) is 19.2. The normalized spacial score (nSPS) is 11.2. The van der Waals surface area contributed by atoms with Crippen molar-refractivity contribution < 1.29 is 18.0 Å². The molecule has 26 heavy (non-hydrogen) atoms. The van der Waals surface area contributed by atoms with Gasteiger partial charge in [0.25, 0.3) is 5.91 Å². The van der Waals surface area contributed by atoms with Gasteiger partial charge in [-0.25, -0.2) is 8.42 Å². The highest BCUT2D eigenvalue weighted by atomic mass is 32.2. The molecular weight excluding hydrogens is 352 g/mol. The maximum Gasteiger partial charge on any atom is 0.251 e. The first-order valence-corrected chi connectivity index (χ1v) is 9.78. The third kappa shape index (κ3) is 5.16. The fourth-order valence-electron chi connectivity index (χ4n) is 2.19. The summed E-state index contributed by atoms with van der Waals surface area (Å²) >= 11 is 0. The van der Waals surface area contributed by atoms with Gasteiger partial charge >= 0.3 is 0 Å². The van der Waals surface area contributed by atoms with E-state index in [2.05, 4.69) is 10.6 Å². The zero-order valence-corrected chi connectivity index (χ0v) is 15.5. The molecule has 2 aromatic rings. The minimum absolute atomic E-state index is 0.155. The third-order valence-electron chi connectivity index (χ3n) is 3.81. The molecular formula is C19H22N2O4S.